The number of hydrogen-bond donors (Lipinski definition) is 1. The number of piperazine rings is 1. The summed E-state index contributed by atoms with van der Waals surface area (Å²) in [6.07, 6.45) is 2.23. The molecule has 27 heavy (non-hydrogen) atoms. The Morgan fingerprint density at radius 1 is 1.15 bits per heavy atom. The molecule has 148 valence electrons. The summed E-state index contributed by atoms with van der Waals surface area (Å²) < 4.78 is 0. The summed E-state index contributed by atoms with van der Waals surface area (Å²) in [7, 11) is 0. The fourth-order valence-electron chi connectivity index (χ4n) is 3.50. The van der Waals surface area contributed by atoms with E-state index >= 15 is 0 Å². The van der Waals surface area contributed by atoms with Gasteiger partial charge in [0, 0.05) is 45.3 Å². The van der Waals surface area contributed by atoms with Gasteiger partial charge < -0.3 is 10.2 Å². The van der Waals surface area contributed by atoms with E-state index in [0.717, 1.165) is 44.6 Å². The van der Waals surface area contributed by atoms with Crippen molar-refractivity contribution in [3.05, 3.63) is 35.9 Å². The van der Waals surface area contributed by atoms with Gasteiger partial charge in [-0.25, -0.2) is 0 Å². The third-order valence-electron chi connectivity index (χ3n) is 5.57. The Hall–Kier alpha value is -1.92. The van der Waals surface area contributed by atoms with Crippen molar-refractivity contribution in [2.24, 2.45) is 0 Å². The van der Waals surface area contributed by atoms with Gasteiger partial charge in [0.25, 0.3) is 0 Å². The quantitative estimate of drug-likeness (QED) is 0.748. The molecular formula is C21H32N4O2. The molecule has 2 fully saturated rings. The molecule has 6 nitrogen and oxygen atoms in total. The maximum Gasteiger partial charge on any atom is 0.237 e. The second-order valence-corrected chi connectivity index (χ2v) is 7.66. The van der Waals surface area contributed by atoms with Crippen LogP contribution in [0, 0.1) is 0 Å². The number of benzene rings is 1. The van der Waals surface area contributed by atoms with E-state index in [1.807, 2.05) is 36.9 Å². The highest BCUT2D eigenvalue weighted by Crippen LogP contribution is 2.19. The first-order valence-electron chi connectivity index (χ1n) is 10.1. The van der Waals surface area contributed by atoms with Crippen LogP contribution in [0.3, 0.4) is 0 Å². The van der Waals surface area contributed by atoms with Gasteiger partial charge in [-0.3, -0.25) is 19.4 Å². The normalized spacial score (nSPS) is 19.5. The fraction of sp³-hybridized carbons (Fsp3) is 0.619. The van der Waals surface area contributed by atoms with Gasteiger partial charge in [0.1, 0.15) is 0 Å². The summed E-state index contributed by atoms with van der Waals surface area (Å²) in [5.41, 5.74) is 1.16. The van der Waals surface area contributed by atoms with Crippen LogP contribution in [0.1, 0.15) is 32.3 Å². The number of amides is 2. The molecule has 1 atom stereocenters. The van der Waals surface area contributed by atoms with E-state index in [9.17, 15) is 9.59 Å². The van der Waals surface area contributed by atoms with E-state index in [2.05, 4.69) is 27.2 Å². The van der Waals surface area contributed by atoms with Crippen LogP contribution >= 0.6 is 0 Å². The van der Waals surface area contributed by atoms with Crippen molar-refractivity contribution in [2.75, 3.05) is 39.3 Å². The predicted molar refractivity (Wildman–Crippen MR) is 106 cm³/mol. The molecule has 1 aliphatic heterocycles. The van der Waals surface area contributed by atoms with E-state index in [1.54, 1.807) is 0 Å². The van der Waals surface area contributed by atoms with Gasteiger partial charge in [0.05, 0.1) is 12.6 Å². The van der Waals surface area contributed by atoms with E-state index in [1.165, 1.54) is 0 Å². The lowest BCUT2D eigenvalue weighted by Crippen LogP contribution is -2.55. The molecule has 1 aliphatic carbocycles. The molecule has 3 rings (SSSR count). The summed E-state index contributed by atoms with van der Waals surface area (Å²) >= 11 is 0. The van der Waals surface area contributed by atoms with Crippen molar-refractivity contribution < 1.29 is 9.59 Å². The van der Waals surface area contributed by atoms with Gasteiger partial charge in [-0.2, -0.15) is 0 Å². The first-order chi connectivity index (χ1) is 13.1. The zero-order chi connectivity index (χ0) is 19.2. The number of carbonyl (C=O) groups is 2. The second-order valence-electron chi connectivity index (χ2n) is 7.66. The molecular weight excluding hydrogens is 340 g/mol. The minimum absolute atomic E-state index is 0.0892. The van der Waals surface area contributed by atoms with Crippen LogP contribution < -0.4 is 5.32 Å². The molecule has 0 bridgehead atoms. The molecule has 1 heterocycles. The first-order valence-corrected chi connectivity index (χ1v) is 10.1. The Morgan fingerprint density at radius 3 is 2.41 bits per heavy atom. The second kappa shape index (κ2) is 9.33. The average molecular weight is 373 g/mol. The van der Waals surface area contributed by atoms with Crippen LogP contribution in [0.5, 0.6) is 0 Å². The SMILES string of the molecule is CCN(Cc1ccccc1)C(=O)CN1CCN(C(C)C(=O)NC2CC2)CC1. The largest absolute Gasteiger partial charge is 0.352 e. The third kappa shape index (κ3) is 5.78. The fourth-order valence-corrected chi connectivity index (χ4v) is 3.50. The lowest BCUT2D eigenvalue weighted by molar-refractivity contribution is -0.134. The van der Waals surface area contributed by atoms with Crippen LogP contribution in [0.25, 0.3) is 0 Å². The highest BCUT2D eigenvalue weighted by Gasteiger charge is 2.30. The Kier molecular flexibility index (Phi) is 6.85. The number of rotatable bonds is 8. The van der Waals surface area contributed by atoms with Crippen LogP contribution in [0.4, 0.5) is 0 Å². The van der Waals surface area contributed by atoms with Gasteiger partial charge in [0.2, 0.25) is 11.8 Å². The molecule has 2 aliphatic rings. The molecule has 1 unspecified atom stereocenters. The van der Waals surface area contributed by atoms with Crippen LogP contribution in [0.15, 0.2) is 30.3 Å². The predicted octanol–water partition coefficient (Wildman–Crippen LogP) is 1.32. The van der Waals surface area contributed by atoms with E-state index in [4.69, 9.17) is 0 Å². The summed E-state index contributed by atoms with van der Waals surface area (Å²) in [5.74, 6) is 0.316. The minimum atomic E-state index is -0.0892. The minimum Gasteiger partial charge on any atom is -0.352 e. The van der Waals surface area contributed by atoms with Crippen molar-refractivity contribution in [2.45, 2.75) is 45.3 Å². The molecule has 0 aromatic heterocycles. The molecule has 0 spiro atoms. The number of nitrogens with one attached hydrogen (secondary N) is 1. The lowest BCUT2D eigenvalue weighted by atomic mass is 10.2. The Bertz CT molecular complexity index is 624. The first kappa shape index (κ1) is 19.8. The zero-order valence-corrected chi connectivity index (χ0v) is 16.6. The Labute approximate surface area is 162 Å². The molecule has 1 saturated carbocycles. The topological polar surface area (TPSA) is 55.9 Å². The summed E-state index contributed by atoms with van der Waals surface area (Å²) in [6, 6.07) is 10.4. The Balaban J connectivity index is 1.43. The molecule has 1 N–H and O–H groups in total. The van der Waals surface area contributed by atoms with Crippen molar-refractivity contribution >= 4 is 11.8 Å². The lowest BCUT2D eigenvalue weighted by Gasteiger charge is -2.37. The number of likely N-dealkylation sites (N-methyl/N-ethyl adjacent to an activating group) is 1. The van der Waals surface area contributed by atoms with Gasteiger partial charge >= 0.3 is 0 Å². The van der Waals surface area contributed by atoms with Gasteiger partial charge in [-0.15, -0.1) is 0 Å². The maximum absolute atomic E-state index is 12.7. The van der Waals surface area contributed by atoms with Gasteiger partial charge in [0.15, 0.2) is 0 Å². The number of hydrogen-bond acceptors (Lipinski definition) is 4. The third-order valence-corrected chi connectivity index (χ3v) is 5.57. The van der Waals surface area contributed by atoms with Crippen molar-refractivity contribution in [3.63, 3.8) is 0 Å². The maximum atomic E-state index is 12.7. The van der Waals surface area contributed by atoms with Crippen LogP contribution in [-0.4, -0.2) is 77.9 Å². The molecule has 6 heteroatoms. The highest BCUT2D eigenvalue weighted by atomic mass is 16.2. The highest BCUT2D eigenvalue weighted by molar-refractivity contribution is 5.82. The summed E-state index contributed by atoms with van der Waals surface area (Å²) in [5, 5.41) is 3.09. The molecule has 1 aromatic carbocycles. The van der Waals surface area contributed by atoms with Gasteiger partial charge in [-0.05, 0) is 32.3 Å². The molecule has 0 radical (unpaired) electrons. The van der Waals surface area contributed by atoms with Crippen molar-refractivity contribution in [3.8, 4) is 0 Å². The van der Waals surface area contributed by atoms with E-state index in [0.29, 0.717) is 25.7 Å². The summed E-state index contributed by atoms with van der Waals surface area (Å²) in [4.78, 5) is 31.3. The molecule has 2 amide bonds. The number of nitrogens with zero attached hydrogens (tertiary/aromatic N) is 3. The van der Waals surface area contributed by atoms with Crippen molar-refractivity contribution in [1.82, 2.24) is 20.0 Å². The summed E-state index contributed by atoms with van der Waals surface area (Å²) in [6.45, 7) is 9.16. The molecule has 1 aromatic rings. The number of carbonyl (C=O) groups excluding carboxylic acids is 2. The smallest absolute Gasteiger partial charge is 0.237 e. The molecule has 1 saturated heterocycles. The van der Waals surface area contributed by atoms with Crippen LogP contribution in [-0.2, 0) is 16.1 Å². The van der Waals surface area contributed by atoms with Crippen molar-refractivity contribution in [1.29, 1.82) is 0 Å². The monoisotopic (exact) mass is 372 g/mol. The zero-order valence-electron chi connectivity index (χ0n) is 16.6. The van der Waals surface area contributed by atoms with E-state index < -0.39 is 0 Å². The van der Waals surface area contributed by atoms with E-state index in [-0.39, 0.29) is 17.9 Å². The van der Waals surface area contributed by atoms with Crippen LogP contribution in [0.2, 0.25) is 0 Å². The average Bonchev–Trinajstić information content (AvgIpc) is 3.50. The van der Waals surface area contributed by atoms with Gasteiger partial charge in [-0.1, -0.05) is 30.3 Å². The standard InChI is InChI=1S/C21H32N4O2/c1-3-24(15-18-7-5-4-6-8-18)20(26)16-23-11-13-25(14-12-23)17(2)21(27)22-19-9-10-19/h4-8,17,19H,3,9-16H2,1-2H3,(H,22,27). The Morgan fingerprint density at radius 2 is 1.81 bits per heavy atom.